The van der Waals surface area contributed by atoms with Crippen LogP contribution in [0.1, 0.15) is 16.7 Å². The smallest absolute Gasteiger partial charge is 0.240 e. The summed E-state index contributed by atoms with van der Waals surface area (Å²) in [6.07, 6.45) is 6.01. The van der Waals surface area contributed by atoms with Gasteiger partial charge in [-0.25, -0.2) is 4.79 Å². The molecule has 3 rings (SSSR count). The highest BCUT2D eigenvalue weighted by Crippen LogP contribution is 2.27. The minimum absolute atomic E-state index is 0.664. The van der Waals surface area contributed by atoms with Gasteiger partial charge in [0.2, 0.25) is 6.08 Å². The first-order chi connectivity index (χ1) is 9.86. The Morgan fingerprint density at radius 3 is 2.90 bits per heavy atom. The van der Waals surface area contributed by atoms with E-state index in [2.05, 4.69) is 39.1 Å². The number of rotatable bonds is 3. The quantitative estimate of drug-likeness (QED) is 0.633. The van der Waals surface area contributed by atoms with E-state index in [0.717, 1.165) is 37.2 Å². The highest BCUT2D eigenvalue weighted by molar-refractivity contribution is 5.55. The predicted molar refractivity (Wildman–Crippen MR) is 76.3 cm³/mol. The van der Waals surface area contributed by atoms with Gasteiger partial charge in [-0.2, -0.15) is 4.99 Å². The van der Waals surface area contributed by atoms with Crippen molar-refractivity contribution in [3.63, 3.8) is 0 Å². The fourth-order valence-electron chi connectivity index (χ4n) is 2.66. The summed E-state index contributed by atoms with van der Waals surface area (Å²) >= 11 is 0. The van der Waals surface area contributed by atoms with Crippen LogP contribution in [0.15, 0.2) is 47.7 Å². The number of fused-ring (bicyclic) bond motifs is 1. The van der Waals surface area contributed by atoms with Gasteiger partial charge < -0.3 is 0 Å². The van der Waals surface area contributed by atoms with Gasteiger partial charge in [0.25, 0.3) is 0 Å². The Kier molecular flexibility index (Phi) is 3.68. The van der Waals surface area contributed by atoms with Crippen molar-refractivity contribution in [1.29, 1.82) is 0 Å². The number of aromatic nitrogens is 1. The average Bonchev–Trinajstić information content (AvgIpc) is 2.49. The Morgan fingerprint density at radius 1 is 1.25 bits per heavy atom. The molecule has 0 unspecified atom stereocenters. The number of carbonyl (C=O) groups excluding carboxylic acids is 1. The minimum Gasteiger partial charge on any atom is -0.294 e. The fourth-order valence-corrected chi connectivity index (χ4v) is 2.66. The molecule has 0 N–H and O–H groups in total. The van der Waals surface area contributed by atoms with Crippen LogP contribution < -0.4 is 0 Å². The SMILES string of the molecule is O=C=Nc1cncc2c1CCN(Cc1ccccc1)C2. The standard InChI is InChI=1S/C16H15N3O/c20-12-18-16-9-17-8-14-11-19(7-6-15(14)16)10-13-4-2-1-3-5-13/h1-5,8-9H,6-7,10-11H2. The second kappa shape index (κ2) is 5.78. The molecule has 0 atom stereocenters. The highest BCUT2D eigenvalue weighted by atomic mass is 16.1. The van der Waals surface area contributed by atoms with Crippen LogP contribution in [-0.2, 0) is 24.3 Å². The maximum absolute atomic E-state index is 10.4. The van der Waals surface area contributed by atoms with Crippen LogP contribution in [0.5, 0.6) is 0 Å². The van der Waals surface area contributed by atoms with Crippen molar-refractivity contribution in [2.45, 2.75) is 19.5 Å². The zero-order valence-electron chi connectivity index (χ0n) is 11.1. The number of aliphatic imine (C=N–C) groups is 1. The number of pyridine rings is 1. The van der Waals surface area contributed by atoms with Gasteiger partial charge >= 0.3 is 0 Å². The van der Waals surface area contributed by atoms with Crippen molar-refractivity contribution in [2.24, 2.45) is 4.99 Å². The molecule has 0 saturated heterocycles. The largest absolute Gasteiger partial charge is 0.294 e. The monoisotopic (exact) mass is 265 g/mol. The van der Waals surface area contributed by atoms with E-state index in [9.17, 15) is 4.79 Å². The molecule has 20 heavy (non-hydrogen) atoms. The minimum atomic E-state index is 0.664. The molecule has 4 nitrogen and oxygen atoms in total. The summed E-state index contributed by atoms with van der Waals surface area (Å²) in [4.78, 5) is 20.7. The maximum Gasteiger partial charge on any atom is 0.240 e. The Hall–Kier alpha value is -2.29. The van der Waals surface area contributed by atoms with E-state index in [4.69, 9.17) is 0 Å². The molecule has 0 radical (unpaired) electrons. The van der Waals surface area contributed by atoms with Crippen LogP contribution in [0.3, 0.4) is 0 Å². The van der Waals surface area contributed by atoms with Gasteiger partial charge in [-0.15, -0.1) is 0 Å². The van der Waals surface area contributed by atoms with Crippen molar-refractivity contribution in [2.75, 3.05) is 6.54 Å². The third kappa shape index (κ3) is 2.67. The van der Waals surface area contributed by atoms with Crippen molar-refractivity contribution in [3.05, 3.63) is 59.4 Å². The summed E-state index contributed by atoms with van der Waals surface area (Å²) in [6.45, 7) is 2.74. The molecule has 1 aromatic carbocycles. The van der Waals surface area contributed by atoms with Crippen LogP contribution in [0.25, 0.3) is 0 Å². The summed E-state index contributed by atoms with van der Waals surface area (Å²) in [7, 11) is 0. The third-order valence-electron chi connectivity index (χ3n) is 3.61. The third-order valence-corrected chi connectivity index (χ3v) is 3.61. The van der Waals surface area contributed by atoms with E-state index in [1.807, 2.05) is 12.3 Å². The van der Waals surface area contributed by atoms with Crippen LogP contribution in [0, 0.1) is 0 Å². The van der Waals surface area contributed by atoms with Gasteiger partial charge in [0.1, 0.15) is 0 Å². The molecule has 0 fully saturated rings. The summed E-state index contributed by atoms with van der Waals surface area (Å²) in [6, 6.07) is 10.4. The predicted octanol–water partition coefficient (Wildman–Crippen LogP) is 2.61. The van der Waals surface area contributed by atoms with E-state index in [1.54, 1.807) is 12.3 Å². The lowest BCUT2D eigenvalue weighted by molar-refractivity contribution is 0.245. The van der Waals surface area contributed by atoms with Crippen LogP contribution >= 0.6 is 0 Å². The summed E-state index contributed by atoms with van der Waals surface area (Å²) in [5.74, 6) is 0. The molecule has 0 amide bonds. The maximum atomic E-state index is 10.4. The number of nitrogens with zero attached hydrogens (tertiary/aromatic N) is 3. The molecule has 4 heteroatoms. The number of benzene rings is 1. The van der Waals surface area contributed by atoms with Crippen molar-refractivity contribution in [3.8, 4) is 0 Å². The number of hydrogen-bond acceptors (Lipinski definition) is 4. The molecule has 1 aliphatic heterocycles. The van der Waals surface area contributed by atoms with Gasteiger partial charge in [0.15, 0.2) is 0 Å². The van der Waals surface area contributed by atoms with Gasteiger partial charge in [0, 0.05) is 25.8 Å². The van der Waals surface area contributed by atoms with Gasteiger partial charge in [-0.3, -0.25) is 9.88 Å². The normalized spacial score (nSPS) is 14.4. The highest BCUT2D eigenvalue weighted by Gasteiger charge is 2.19. The zero-order chi connectivity index (χ0) is 13.8. The average molecular weight is 265 g/mol. The molecule has 100 valence electrons. The van der Waals surface area contributed by atoms with E-state index in [-0.39, 0.29) is 0 Å². The van der Waals surface area contributed by atoms with Crippen molar-refractivity contribution < 1.29 is 4.79 Å². The molecule has 0 aliphatic carbocycles. The van der Waals surface area contributed by atoms with Crippen LogP contribution in [0.2, 0.25) is 0 Å². The fraction of sp³-hybridized carbons (Fsp3) is 0.250. The van der Waals surface area contributed by atoms with Gasteiger partial charge in [0.05, 0.1) is 11.9 Å². The molecule has 0 bridgehead atoms. The molecule has 1 aromatic heterocycles. The second-order valence-electron chi connectivity index (χ2n) is 4.95. The van der Waals surface area contributed by atoms with Gasteiger partial charge in [-0.05, 0) is 23.1 Å². The van der Waals surface area contributed by atoms with Crippen LogP contribution in [0.4, 0.5) is 5.69 Å². The first-order valence-electron chi connectivity index (χ1n) is 6.67. The number of isocyanates is 1. The Bertz CT molecular complexity index is 648. The molecule has 2 heterocycles. The Labute approximate surface area is 117 Å². The zero-order valence-corrected chi connectivity index (χ0v) is 11.1. The molecule has 0 saturated carbocycles. The van der Waals surface area contributed by atoms with Crippen LogP contribution in [-0.4, -0.2) is 22.5 Å². The molecule has 1 aliphatic rings. The topological polar surface area (TPSA) is 45.6 Å². The Morgan fingerprint density at radius 2 is 2.10 bits per heavy atom. The lowest BCUT2D eigenvalue weighted by Gasteiger charge is -2.28. The van der Waals surface area contributed by atoms with Gasteiger partial charge in [-0.1, -0.05) is 30.3 Å². The molecule has 2 aromatic rings. The summed E-state index contributed by atoms with van der Waals surface area (Å²) < 4.78 is 0. The number of hydrogen-bond donors (Lipinski definition) is 0. The summed E-state index contributed by atoms with van der Waals surface area (Å²) in [5.41, 5.74) is 4.26. The van der Waals surface area contributed by atoms with E-state index < -0.39 is 0 Å². The van der Waals surface area contributed by atoms with Crippen molar-refractivity contribution >= 4 is 11.8 Å². The van der Waals surface area contributed by atoms with Crippen molar-refractivity contribution in [1.82, 2.24) is 9.88 Å². The lowest BCUT2D eigenvalue weighted by Crippen LogP contribution is -2.30. The molecular weight excluding hydrogens is 250 g/mol. The summed E-state index contributed by atoms with van der Waals surface area (Å²) in [5, 5.41) is 0. The van der Waals surface area contributed by atoms with E-state index in [0.29, 0.717) is 5.69 Å². The Balaban J connectivity index is 1.79. The molecule has 0 spiro atoms. The lowest BCUT2D eigenvalue weighted by atomic mass is 10.00. The second-order valence-corrected chi connectivity index (χ2v) is 4.95. The van der Waals surface area contributed by atoms with E-state index in [1.165, 1.54) is 5.56 Å². The first kappa shape index (κ1) is 12.7. The van der Waals surface area contributed by atoms with E-state index >= 15 is 0 Å². The first-order valence-corrected chi connectivity index (χ1v) is 6.67. The molecular formula is C16H15N3O.